The molecule has 29 heavy (non-hydrogen) atoms. The Hall–Kier alpha value is -1.89. The molecule has 160 valence electrons. The molecule has 0 radical (unpaired) electrons. The molecule has 0 heterocycles. The van der Waals surface area contributed by atoms with Crippen LogP contribution in [0.3, 0.4) is 0 Å². The van der Waals surface area contributed by atoms with E-state index >= 15 is 0 Å². The van der Waals surface area contributed by atoms with Crippen LogP contribution in [-0.2, 0) is 6.18 Å². The van der Waals surface area contributed by atoms with Crippen LogP contribution in [0.4, 0.5) is 13.2 Å². The molecule has 0 bridgehead atoms. The van der Waals surface area contributed by atoms with E-state index in [4.69, 9.17) is 0 Å². The second-order valence-electron chi connectivity index (χ2n) is 7.49. The SMILES string of the molecule is CCCCCCCCC(c1ccc(-c2ccc(C(F)(F)F)cc2)cc1)C(O)(O)O. The first-order valence-corrected chi connectivity index (χ1v) is 10.1. The van der Waals surface area contributed by atoms with Gasteiger partial charge in [-0.15, -0.1) is 0 Å². The number of halogens is 3. The number of unbranched alkanes of at least 4 members (excludes halogenated alkanes) is 5. The number of hydrogen-bond acceptors (Lipinski definition) is 3. The smallest absolute Gasteiger partial charge is 0.343 e. The van der Waals surface area contributed by atoms with Gasteiger partial charge in [0.15, 0.2) is 0 Å². The summed E-state index contributed by atoms with van der Waals surface area (Å²) in [7, 11) is 0. The van der Waals surface area contributed by atoms with Crippen LogP contribution in [0.2, 0.25) is 0 Å². The Morgan fingerprint density at radius 2 is 1.21 bits per heavy atom. The van der Waals surface area contributed by atoms with Crippen molar-refractivity contribution in [1.82, 2.24) is 0 Å². The molecule has 0 fully saturated rings. The van der Waals surface area contributed by atoms with E-state index < -0.39 is 23.6 Å². The van der Waals surface area contributed by atoms with Gasteiger partial charge in [0, 0.05) is 0 Å². The number of alkyl halides is 3. The molecule has 1 unspecified atom stereocenters. The van der Waals surface area contributed by atoms with Crippen molar-refractivity contribution in [2.75, 3.05) is 0 Å². The lowest BCUT2D eigenvalue weighted by Gasteiger charge is -2.26. The summed E-state index contributed by atoms with van der Waals surface area (Å²) in [6.07, 6.45) is 2.32. The van der Waals surface area contributed by atoms with Crippen molar-refractivity contribution in [2.24, 2.45) is 0 Å². The highest BCUT2D eigenvalue weighted by Gasteiger charge is 2.33. The maximum absolute atomic E-state index is 12.7. The molecule has 2 rings (SSSR count). The summed E-state index contributed by atoms with van der Waals surface area (Å²) in [4.78, 5) is 0. The summed E-state index contributed by atoms with van der Waals surface area (Å²) in [5.74, 6) is -3.67. The Kier molecular flexibility index (Phi) is 8.25. The number of hydrogen-bond donors (Lipinski definition) is 3. The predicted molar refractivity (Wildman–Crippen MR) is 107 cm³/mol. The van der Waals surface area contributed by atoms with Crippen molar-refractivity contribution in [2.45, 2.75) is 69.9 Å². The van der Waals surface area contributed by atoms with E-state index in [1.54, 1.807) is 24.3 Å². The van der Waals surface area contributed by atoms with Crippen LogP contribution in [0.15, 0.2) is 48.5 Å². The fraction of sp³-hybridized carbons (Fsp3) is 0.478. The molecule has 0 aliphatic heterocycles. The van der Waals surface area contributed by atoms with Gasteiger partial charge in [0.25, 0.3) is 5.97 Å². The summed E-state index contributed by atoms with van der Waals surface area (Å²) in [5.41, 5.74) is 1.20. The first-order chi connectivity index (χ1) is 13.6. The summed E-state index contributed by atoms with van der Waals surface area (Å²) in [5, 5.41) is 29.3. The fourth-order valence-corrected chi connectivity index (χ4v) is 3.47. The van der Waals surface area contributed by atoms with Crippen molar-refractivity contribution in [3.05, 3.63) is 59.7 Å². The molecule has 6 heteroatoms. The van der Waals surface area contributed by atoms with Crippen LogP contribution >= 0.6 is 0 Å². The molecule has 1 atom stereocenters. The molecule has 0 aliphatic rings. The molecule has 0 aromatic heterocycles. The van der Waals surface area contributed by atoms with Gasteiger partial charge in [0.2, 0.25) is 0 Å². The lowest BCUT2D eigenvalue weighted by molar-refractivity contribution is -0.326. The molecule has 0 amide bonds. The zero-order valence-corrected chi connectivity index (χ0v) is 16.6. The van der Waals surface area contributed by atoms with Crippen LogP contribution in [0.5, 0.6) is 0 Å². The van der Waals surface area contributed by atoms with Crippen LogP contribution < -0.4 is 0 Å². The Balaban J connectivity index is 2.06. The molecular formula is C23H29F3O3. The summed E-state index contributed by atoms with van der Waals surface area (Å²) >= 11 is 0. The van der Waals surface area contributed by atoms with Gasteiger partial charge in [-0.2, -0.15) is 13.2 Å². The highest BCUT2D eigenvalue weighted by molar-refractivity contribution is 5.64. The standard InChI is InChI=1S/C23H29F3O3/c1-2-3-4-5-6-7-8-21(23(27,28)29)19-11-9-17(10-12-19)18-13-15-20(16-14-18)22(24,25)26/h9-16,21,27-29H,2-8H2,1H3. The quantitative estimate of drug-likeness (QED) is 0.341. The topological polar surface area (TPSA) is 60.7 Å². The lowest BCUT2D eigenvalue weighted by atomic mass is 9.89. The van der Waals surface area contributed by atoms with Gasteiger partial charge in [-0.05, 0) is 35.2 Å². The Morgan fingerprint density at radius 1 is 0.724 bits per heavy atom. The van der Waals surface area contributed by atoms with Gasteiger partial charge in [0.1, 0.15) is 0 Å². The van der Waals surface area contributed by atoms with Crippen molar-refractivity contribution in [1.29, 1.82) is 0 Å². The van der Waals surface area contributed by atoms with Crippen molar-refractivity contribution in [3.63, 3.8) is 0 Å². The van der Waals surface area contributed by atoms with Crippen molar-refractivity contribution < 1.29 is 28.5 Å². The molecule has 2 aromatic carbocycles. The van der Waals surface area contributed by atoms with Crippen molar-refractivity contribution >= 4 is 0 Å². The molecule has 0 aliphatic carbocycles. The minimum atomic E-state index is -4.38. The summed E-state index contributed by atoms with van der Waals surface area (Å²) < 4.78 is 38.1. The first kappa shape index (κ1) is 23.4. The minimum Gasteiger partial charge on any atom is -0.343 e. The van der Waals surface area contributed by atoms with E-state index in [-0.39, 0.29) is 0 Å². The van der Waals surface area contributed by atoms with Crippen LogP contribution in [0.1, 0.15) is 68.9 Å². The maximum Gasteiger partial charge on any atom is 0.416 e. The van der Waals surface area contributed by atoms with E-state index in [0.29, 0.717) is 23.1 Å². The Bertz CT molecular complexity index is 732. The van der Waals surface area contributed by atoms with Gasteiger partial charge in [-0.1, -0.05) is 81.8 Å². The van der Waals surface area contributed by atoms with Gasteiger partial charge >= 0.3 is 6.18 Å². The third-order valence-corrected chi connectivity index (χ3v) is 5.17. The Labute approximate surface area is 169 Å². The zero-order chi connectivity index (χ0) is 21.5. The normalized spacial score (nSPS) is 13.5. The van der Waals surface area contributed by atoms with Crippen LogP contribution in [0.25, 0.3) is 11.1 Å². The highest BCUT2D eigenvalue weighted by atomic mass is 19.4. The highest BCUT2D eigenvalue weighted by Crippen LogP contribution is 2.33. The monoisotopic (exact) mass is 410 g/mol. The average Bonchev–Trinajstić information content (AvgIpc) is 2.66. The number of rotatable bonds is 10. The molecule has 0 saturated heterocycles. The third kappa shape index (κ3) is 7.14. The van der Waals surface area contributed by atoms with E-state index in [1.165, 1.54) is 18.6 Å². The van der Waals surface area contributed by atoms with Gasteiger partial charge in [0.05, 0.1) is 11.5 Å². The maximum atomic E-state index is 12.7. The zero-order valence-electron chi connectivity index (χ0n) is 16.6. The molecule has 0 saturated carbocycles. The number of aliphatic hydroxyl groups is 3. The van der Waals surface area contributed by atoms with E-state index in [1.807, 2.05) is 0 Å². The minimum absolute atomic E-state index is 0.426. The molecule has 3 nitrogen and oxygen atoms in total. The number of benzene rings is 2. The molecular weight excluding hydrogens is 381 g/mol. The van der Waals surface area contributed by atoms with Crippen LogP contribution in [-0.4, -0.2) is 21.3 Å². The average molecular weight is 410 g/mol. The fourth-order valence-electron chi connectivity index (χ4n) is 3.47. The van der Waals surface area contributed by atoms with Gasteiger partial charge in [-0.25, -0.2) is 0 Å². The van der Waals surface area contributed by atoms with E-state index in [9.17, 15) is 28.5 Å². The largest absolute Gasteiger partial charge is 0.416 e. The summed E-state index contributed by atoms with van der Waals surface area (Å²) in [6.45, 7) is 2.14. The van der Waals surface area contributed by atoms with E-state index in [0.717, 1.165) is 44.2 Å². The predicted octanol–water partition coefficient (Wildman–Crippen LogP) is 5.84. The third-order valence-electron chi connectivity index (χ3n) is 5.17. The first-order valence-electron chi connectivity index (χ1n) is 10.1. The van der Waals surface area contributed by atoms with E-state index in [2.05, 4.69) is 6.92 Å². The molecule has 0 spiro atoms. The molecule has 3 N–H and O–H groups in total. The summed E-state index contributed by atoms with van der Waals surface area (Å²) in [6, 6.07) is 11.6. The second-order valence-corrected chi connectivity index (χ2v) is 7.49. The molecule has 2 aromatic rings. The Morgan fingerprint density at radius 3 is 1.69 bits per heavy atom. The lowest BCUT2D eigenvalue weighted by Crippen LogP contribution is -2.35. The van der Waals surface area contributed by atoms with Gasteiger partial charge in [-0.3, -0.25) is 0 Å². The van der Waals surface area contributed by atoms with Gasteiger partial charge < -0.3 is 15.3 Å². The van der Waals surface area contributed by atoms with Crippen molar-refractivity contribution in [3.8, 4) is 11.1 Å². The van der Waals surface area contributed by atoms with Crippen LogP contribution in [0, 0.1) is 0 Å². The second kappa shape index (κ2) is 10.2.